The van der Waals surface area contributed by atoms with E-state index >= 15 is 0 Å². The Balaban J connectivity index is 3.56. The highest BCUT2D eigenvalue weighted by atomic mass is 19.4. The number of hydrogen-bond acceptors (Lipinski definition) is 3. The summed E-state index contributed by atoms with van der Waals surface area (Å²) in [6, 6.07) is -10.7. The van der Waals surface area contributed by atoms with Crippen LogP contribution in [0.4, 0.5) is 57.1 Å². The van der Waals surface area contributed by atoms with Crippen molar-refractivity contribution in [1.29, 1.82) is 0 Å². The molecule has 0 bridgehead atoms. The summed E-state index contributed by atoms with van der Waals surface area (Å²) in [5, 5.41) is 0. The third-order valence-electron chi connectivity index (χ3n) is 3.60. The van der Waals surface area contributed by atoms with Gasteiger partial charge in [-0.15, -0.1) is 0 Å². The van der Waals surface area contributed by atoms with Crippen molar-refractivity contribution in [2.45, 2.75) is 48.9 Å². The largest absolute Gasteiger partial charge is 0.459 e. The molecule has 1 saturated heterocycles. The van der Waals surface area contributed by atoms with Gasteiger partial charge in [0, 0.05) is 13.1 Å². The van der Waals surface area contributed by atoms with Crippen LogP contribution in [0.2, 0.25) is 0 Å². The van der Waals surface area contributed by atoms with Gasteiger partial charge in [-0.25, -0.2) is 9.29 Å². The molecular weight excluding hydrogens is 425 g/mol. The van der Waals surface area contributed by atoms with Crippen LogP contribution < -0.4 is 0 Å². The smallest absolute Gasteiger partial charge is 0.263 e. The Labute approximate surface area is 141 Å². The van der Waals surface area contributed by atoms with E-state index < -0.39 is 60.1 Å². The number of rotatable bonds is 6. The Bertz CT molecular complexity index is 568. The van der Waals surface area contributed by atoms with Crippen molar-refractivity contribution in [2.24, 2.45) is 0 Å². The number of carbonyl (C=O) groups excluding carboxylic acids is 1. The molecule has 0 aliphatic carbocycles. The first kappa shape index (κ1) is 23.7. The lowest BCUT2D eigenvalue weighted by Crippen LogP contribution is -2.73. The average molecular weight is 433 g/mol. The first-order valence-electron chi connectivity index (χ1n) is 6.68. The standard InChI is InChI=1S/C11H8F13NO2/c12-5(26)6(13,8(15,16)17)27-11(23,24)7(14,9(18,19)20)10(21,22)25-3-1-2-4-25/h1-4H2. The topological polar surface area (TPSA) is 29.5 Å². The van der Waals surface area contributed by atoms with E-state index in [4.69, 9.17) is 0 Å². The lowest BCUT2D eigenvalue weighted by molar-refractivity contribution is -0.485. The number of hydrogen-bond donors (Lipinski definition) is 0. The van der Waals surface area contributed by atoms with E-state index in [2.05, 4.69) is 0 Å². The van der Waals surface area contributed by atoms with Crippen molar-refractivity contribution in [3.63, 3.8) is 0 Å². The van der Waals surface area contributed by atoms with Crippen LogP contribution >= 0.6 is 0 Å². The fourth-order valence-corrected chi connectivity index (χ4v) is 2.18. The minimum Gasteiger partial charge on any atom is -0.263 e. The highest BCUT2D eigenvalue weighted by Crippen LogP contribution is 2.58. The molecule has 3 nitrogen and oxygen atoms in total. The molecule has 0 amide bonds. The van der Waals surface area contributed by atoms with Crippen LogP contribution in [0.3, 0.4) is 0 Å². The van der Waals surface area contributed by atoms with Gasteiger partial charge in [-0.05, 0) is 12.8 Å². The maximum absolute atomic E-state index is 14.1. The van der Waals surface area contributed by atoms with Crippen LogP contribution in [0.15, 0.2) is 0 Å². The summed E-state index contributed by atoms with van der Waals surface area (Å²) in [4.78, 5) is 9.28. The van der Waals surface area contributed by atoms with Crippen LogP contribution in [0.1, 0.15) is 12.8 Å². The first-order valence-corrected chi connectivity index (χ1v) is 6.68. The van der Waals surface area contributed by atoms with Gasteiger partial charge in [0.25, 0.3) is 0 Å². The van der Waals surface area contributed by atoms with Gasteiger partial charge in [0.05, 0.1) is 0 Å². The van der Waals surface area contributed by atoms with Crippen LogP contribution in [-0.4, -0.2) is 60.1 Å². The van der Waals surface area contributed by atoms with E-state index in [1.165, 1.54) is 0 Å². The van der Waals surface area contributed by atoms with Gasteiger partial charge in [-0.1, -0.05) is 0 Å². The molecule has 0 aromatic heterocycles. The molecule has 1 aliphatic rings. The van der Waals surface area contributed by atoms with Crippen molar-refractivity contribution in [3.8, 4) is 0 Å². The van der Waals surface area contributed by atoms with Crippen molar-refractivity contribution >= 4 is 6.04 Å². The van der Waals surface area contributed by atoms with Crippen LogP contribution in [0, 0.1) is 0 Å². The second-order valence-electron chi connectivity index (χ2n) is 5.38. The Morgan fingerprint density at radius 3 is 1.44 bits per heavy atom. The highest BCUT2D eigenvalue weighted by Gasteiger charge is 2.88. The zero-order valence-electron chi connectivity index (χ0n) is 12.5. The first-order chi connectivity index (χ1) is 11.8. The molecule has 1 fully saturated rings. The number of likely N-dealkylation sites (tertiary alicyclic amines) is 1. The minimum atomic E-state index is -7.39. The molecule has 0 saturated carbocycles. The lowest BCUT2D eigenvalue weighted by atomic mass is 9.99. The number of carbonyl (C=O) groups is 1. The summed E-state index contributed by atoms with van der Waals surface area (Å²) in [7, 11) is 0. The molecule has 0 aromatic carbocycles. The molecule has 2 unspecified atom stereocenters. The number of nitrogens with zero attached hydrogens (tertiary/aromatic N) is 1. The third-order valence-corrected chi connectivity index (χ3v) is 3.60. The van der Waals surface area contributed by atoms with Gasteiger partial charge >= 0.3 is 42.1 Å². The predicted octanol–water partition coefficient (Wildman–Crippen LogP) is 4.28. The van der Waals surface area contributed by atoms with Gasteiger partial charge in [-0.2, -0.15) is 52.7 Å². The van der Waals surface area contributed by atoms with Gasteiger partial charge in [0.15, 0.2) is 0 Å². The summed E-state index contributed by atoms with van der Waals surface area (Å²) in [5.74, 6) is -6.83. The molecule has 0 radical (unpaired) electrons. The molecule has 27 heavy (non-hydrogen) atoms. The third kappa shape index (κ3) is 3.56. The second kappa shape index (κ2) is 6.63. The summed E-state index contributed by atoms with van der Waals surface area (Å²) >= 11 is 0. The van der Waals surface area contributed by atoms with Crippen molar-refractivity contribution in [1.82, 2.24) is 4.90 Å². The van der Waals surface area contributed by atoms with Crippen molar-refractivity contribution in [3.05, 3.63) is 0 Å². The van der Waals surface area contributed by atoms with Crippen LogP contribution in [0.25, 0.3) is 0 Å². The lowest BCUT2D eigenvalue weighted by Gasteiger charge is -2.43. The molecular formula is C11H8F13NO2. The van der Waals surface area contributed by atoms with E-state index in [0.29, 0.717) is 0 Å². The maximum atomic E-state index is 14.1. The highest BCUT2D eigenvalue weighted by molar-refractivity contribution is 5.77. The molecule has 1 aliphatic heterocycles. The van der Waals surface area contributed by atoms with E-state index in [1.54, 1.807) is 0 Å². The van der Waals surface area contributed by atoms with Gasteiger partial charge in [0.2, 0.25) is 0 Å². The molecule has 2 atom stereocenters. The quantitative estimate of drug-likeness (QED) is 0.356. The Morgan fingerprint density at radius 1 is 0.741 bits per heavy atom. The fourth-order valence-electron chi connectivity index (χ4n) is 2.18. The van der Waals surface area contributed by atoms with E-state index in [1.807, 2.05) is 4.74 Å². The SMILES string of the molecule is O=C(F)C(F)(OC(F)(F)C(F)(C(F)(F)F)C(F)(F)N1CCCC1)C(F)(F)F. The molecule has 0 aromatic rings. The Hall–Kier alpha value is -1.32. The summed E-state index contributed by atoms with van der Waals surface area (Å²) in [5.41, 5.74) is -7.27. The van der Waals surface area contributed by atoms with Gasteiger partial charge in [0.1, 0.15) is 0 Å². The molecule has 1 rings (SSSR count). The predicted molar refractivity (Wildman–Crippen MR) is 57.7 cm³/mol. The summed E-state index contributed by atoms with van der Waals surface area (Å²) in [6.07, 6.45) is -22.4. The number of alkyl halides is 12. The molecule has 0 spiro atoms. The summed E-state index contributed by atoms with van der Waals surface area (Å²) < 4.78 is 172. The van der Waals surface area contributed by atoms with Crippen LogP contribution in [-0.2, 0) is 9.53 Å². The minimum absolute atomic E-state index is 0.311. The fraction of sp³-hybridized carbons (Fsp3) is 0.909. The van der Waals surface area contributed by atoms with E-state index in [0.717, 1.165) is 0 Å². The van der Waals surface area contributed by atoms with E-state index in [9.17, 15) is 61.9 Å². The number of halogens is 13. The normalized spacial score (nSPS) is 22.4. The van der Waals surface area contributed by atoms with E-state index in [-0.39, 0.29) is 12.8 Å². The Kier molecular flexibility index (Phi) is 5.83. The number of ether oxygens (including phenoxy) is 1. The Morgan fingerprint density at radius 2 is 1.15 bits per heavy atom. The van der Waals surface area contributed by atoms with Gasteiger partial charge < -0.3 is 0 Å². The second-order valence-corrected chi connectivity index (χ2v) is 5.38. The molecule has 16 heteroatoms. The average Bonchev–Trinajstić information content (AvgIpc) is 2.97. The maximum Gasteiger partial charge on any atom is 0.459 e. The molecule has 0 N–H and O–H groups in total. The zero-order valence-corrected chi connectivity index (χ0v) is 12.5. The van der Waals surface area contributed by atoms with Crippen molar-refractivity contribution < 1.29 is 66.6 Å². The molecule has 1 heterocycles. The zero-order chi connectivity index (χ0) is 21.7. The van der Waals surface area contributed by atoms with Gasteiger partial charge in [-0.3, -0.25) is 9.53 Å². The summed E-state index contributed by atoms with van der Waals surface area (Å²) in [6.45, 7) is -2.15. The monoisotopic (exact) mass is 433 g/mol. The van der Waals surface area contributed by atoms with Crippen molar-refractivity contribution in [2.75, 3.05) is 13.1 Å². The molecule has 160 valence electrons. The van der Waals surface area contributed by atoms with Crippen LogP contribution in [0.5, 0.6) is 0 Å².